The Kier molecular flexibility index (Phi) is 6.21. The Morgan fingerprint density at radius 1 is 0.909 bits per heavy atom. The van der Waals surface area contributed by atoms with Gasteiger partial charge in [0, 0.05) is 30.1 Å². The van der Waals surface area contributed by atoms with Crippen LogP contribution < -0.4 is 5.32 Å². The Bertz CT molecular complexity index is 1250. The SMILES string of the molecule is O=C(Nc1ccc2c3c(cccc13)CC2)C1CCN(S(=O)(=O)CCCc2ccccc2)CC1. The molecular formula is C27H30N2O3S. The molecule has 3 aromatic rings. The third-order valence-corrected chi connectivity index (χ3v) is 9.02. The highest BCUT2D eigenvalue weighted by atomic mass is 32.2. The van der Waals surface area contributed by atoms with E-state index in [9.17, 15) is 13.2 Å². The highest BCUT2D eigenvalue weighted by Gasteiger charge is 2.31. The van der Waals surface area contributed by atoms with Gasteiger partial charge in [-0.2, -0.15) is 0 Å². The van der Waals surface area contributed by atoms with E-state index in [4.69, 9.17) is 0 Å². The lowest BCUT2D eigenvalue weighted by atomic mass is 9.96. The van der Waals surface area contributed by atoms with Crippen molar-refractivity contribution in [2.75, 3.05) is 24.2 Å². The molecule has 1 aliphatic carbocycles. The summed E-state index contributed by atoms with van der Waals surface area (Å²) in [5.74, 6) is -0.0157. The highest BCUT2D eigenvalue weighted by molar-refractivity contribution is 7.89. The van der Waals surface area contributed by atoms with E-state index in [0.29, 0.717) is 32.4 Å². The van der Waals surface area contributed by atoms with Gasteiger partial charge in [-0.1, -0.05) is 54.6 Å². The minimum absolute atomic E-state index is 0.00479. The average molecular weight is 463 g/mol. The molecule has 0 unspecified atom stereocenters. The molecule has 5 nitrogen and oxygen atoms in total. The lowest BCUT2D eigenvalue weighted by molar-refractivity contribution is -0.120. The van der Waals surface area contributed by atoms with E-state index in [1.807, 2.05) is 36.4 Å². The third-order valence-electron chi connectivity index (χ3n) is 7.06. The van der Waals surface area contributed by atoms with E-state index in [0.717, 1.165) is 35.9 Å². The van der Waals surface area contributed by atoms with Crippen molar-refractivity contribution in [3.8, 4) is 0 Å². The average Bonchev–Trinajstić information content (AvgIpc) is 3.26. The Balaban J connectivity index is 1.17. The van der Waals surface area contributed by atoms with Gasteiger partial charge in [-0.3, -0.25) is 4.79 Å². The molecule has 0 saturated carbocycles. The van der Waals surface area contributed by atoms with Crippen molar-refractivity contribution in [1.29, 1.82) is 0 Å². The number of carbonyl (C=O) groups excluding carboxylic acids is 1. The Morgan fingerprint density at radius 2 is 1.64 bits per heavy atom. The van der Waals surface area contributed by atoms with Crippen LogP contribution in [0.5, 0.6) is 0 Å². The summed E-state index contributed by atoms with van der Waals surface area (Å²) in [5, 5.41) is 5.53. The lowest BCUT2D eigenvalue weighted by Gasteiger charge is -2.30. The van der Waals surface area contributed by atoms with Crippen molar-refractivity contribution in [2.24, 2.45) is 5.92 Å². The van der Waals surface area contributed by atoms with Crippen LogP contribution in [0.15, 0.2) is 60.7 Å². The number of nitrogens with zero attached hydrogens (tertiary/aromatic N) is 1. The molecule has 5 rings (SSSR count). The van der Waals surface area contributed by atoms with Crippen molar-refractivity contribution in [3.63, 3.8) is 0 Å². The second kappa shape index (κ2) is 9.27. The first-order valence-corrected chi connectivity index (χ1v) is 13.5. The smallest absolute Gasteiger partial charge is 0.227 e. The van der Waals surface area contributed by atoms with Gasteiger partial charge in [-0.25, -0.2) is 12.7 Å². The molecule has 1 heterocycles. The van der Waals surface area contributed by atoms with Gasteiger partial charge in [-0.05, 0) is 66.7 Å². The molecule has 0 atom stereocenters. The van der Waals surface area contributed by atoms with E-state index in [1.54, 1.807) is 4.31 Å². The predicted molar refractivity (Wildman–Crippen MR) is 133 cm³/mol. The summed E-state index contributed by atoms with van der Waals surface area (Å²) in [6, 6.07) is 20.4. The molecule has 1 aliphatic heterocycles. The van der Waals surface area contributed by atoms with E-state index in [2.05, 4.69) is 29.6 Å². The highest BCUT2D eigenvalue weighted by Crippen LogP contribution is 2.35. The van der Waals surface area contributed by atoms with Crippen LogP contribution in [-0.4, -0.2) is 37.5 Å². The van der Waals surface area contributed by atoms with Gasteiger partial charge in [0.1, 0.15) is 0 Å². The molecule has 1 N–H and O–H groups in total. The number of rotatable bonds is 7. The fourth-order valence-corrected chi connectivity index (χ4v) is 6.75. The Labute approximate surface area is 195 Å². The van der Waals surface area contributed by atoms with Gasteiger partial charge in [0.05, 0.1) is 5.75 Å². The fraction of sp³-hybridized carbons (Fsp3) is 0.370. The van der Waals surface area contributed by atoms with Crippen molar-refractivity contribution in [2.45, 2.75) is 38.5 Å². The largest absolute Gasteiger partial charge is 0.325 e. The molecule has 0 bridgehead atoms. The van der Waals surface area contributed by atoms with E-state index in [-0.39, 0.29) is 17.6 Å². The quantitative estimate of drug-likeness (QED) is 0.560. The number of amides is 1. The molecule has 1 amide bonds. The van der Waals surface area contributed by atoms with Gasteiger partial charge in [0.2, 0.25) is 15.9 Å². The van der Waals surface area contributed by atoms with Gasteiger partial charge < -0.3 is 5.32 Å². The number of hydrogen-bond acceptors (Lipinski definition) is 3. The van der Waals surface area contributed by atoms with Crippen LogP contribution in [0.2, 0.25) is 0 Å². The van der Waals surface area contributed by atoms with Gasteiger partial charge in [-0.15, -0.1) is 0 Å². The summed E-state index contributed by atoms with van der Waals surface area (Å²) in [4.78, 5) is 13.0. The maximum absolute atomic E-state index is 13.0. The van der Waals surface area contributed by atoms with Crippen molar-refractivity contribution >= 4 is 32.4 Å². The van der Waals surface area contributed by atoms with Crippen molar-refractivity contribution in [3.05, 3.63) is 77.4 Å². The summed E-state index contributed by atoms with van der Waals surface area (Å²) in [6.45, 7) is 0.825. The molecule has 0 radical (unpaired) electrons. The Morgan fingerprint density at radius 3 is 2.39 bits per heavy atom. The van der Waals surface area contributed by atoms with Crippen LogP contribution in [0.25, 0.3) is 10.8 Å². The van der Waals surface area contributed by atoms with E-state index >= 15 is 0 Å². The van der Waals surface area contributed by atoms with Gasteiger partial charge in [0.15, 0.2) is 0 Å². The topological polar surface area (TPSA) is 66.5 Å². The molecule has 3 aromatic carbocycles. The van der Waals surface area contributed by atoms with Crippen LogP contribution in [0.4, 0.5) is 5.69 Å². The van der Waals surface area contributed by atoms with Crippen molar-refractivity contribution in [1.82, 2.24) is 4.31 Å². The molecule has 2 aliphatic rings. The number of carbonyl (C=O) groups is 1. The standard InChI is InChI=1S/C27H30N2O3S/c30-27(28-25-14-13-22-12-11-21-9-4-10-24(25)26(21)22)23-15-17-29(18-16-23)33(31,32)19-5-8-20-6-2-1-3-7-20/h1-4,6-7,9-10,13-14,23H,5,8,11-12,15-19H2,(H,28,30). The molecule has 6 heteroatoms. The third kappa shape index (κ3) is 4.68. The summed E-state index contributed by atoms with van der Waals surface area (Å²) in [6.07, 6.45) is 4.60. The van der Waals surface area contributed by atoms with Crippen LogP contribution in [0.1, 0.15) is 36.0 Å². The van der Waals surface area contributed by atoms with Crippen LogP contribution in [-0.2, 0) is 34.1 Å². The fourth-order valence-electron chi connectivity index (χ4n) is 5.22. The van der Waals surface area contributed by atoms with Crippen LogP contribution >= 0.6 is 0 Å². The second-order valence-electron chi connectivity index (χ2n) is 9.18. The number of sulfonamides is 1. The van der Waals surface area contributed by atoms with Crippen molar-refractivity contribution < 1.29 is 13.2 Å². The molecule has 0 aromatic heterocycles. The monoisotopic (exact) mass is 462 g/mol. The van der Waals surface area contributed by atoms with Gasteiger partial charge >= 0.3 is 0 Å². The van der Waals surface area contributed by atoms with E-state index in [1.165, 1.54) is 16.5 Å². The normalized spacial score (nSPS) is 16.8. The van der Waals surface area contributed by atoms with Crippen LogP contribution in [0.3, 0.4) is 0 Å². The molecule has 0 spiro atoms. The summed E-state index contributed by atoms with van der Waals surface area (Å²) in [7, 11) is -3.29. The maximum atomic E-state index is 13.0. The van der Waals surface area contributed by atoms with Crippen LogP contribution in [0, 0.1) is 5.92 Å². The number of piperidine rings is 1. The predicted octanol–water partition coefficient (Wildman–Crippen LogP) is 4.55. The number of aryl methyl sites for hydroxylation is 3. The number of anilines is 1. The second-order valence-corrected chi connectivity index (χ2v) is 11.3. The zero-order valence-corrected chi connectivity index (χ0v) is 19.6. The lowest BCUT2D eigenvalue weighted by Crippen LogP contribution is -2.42. The zero-order valence-electron chi connectivity index (χ0n) is 18.8. The molecule has 1 saturated heterocycles. The number of benzene rings is 3. The first-order chi connectivity index (χ1) is 16.0. The van der Waals surface area contributed by atoms with E-state index < -0.39 is 10.0 Å². The molecule has 1 fully saturated rings. The zero-order chi connectivity index (χ0) is 22.8. The summed E-state index contributed by atoms with van der Waals surface area (Å²) < 4.78 is 27.1. The first kappa shape index (κ1) is 22.1. The summed E-state index contributed by atoms with van der Waals surface area (Å²) >= 11 is 0. The number of nitrogens with one attached hydrogen (secondary N) is 1. The molecule has 33 heavy (non-hydrogen) atoms. The maximum Gasteiger partial charge on any atom is 0.227 e. The summed E-state index contributed by atoms with van der Waals surface area (Å²) in [5.41, 5.74) is 4.72. The minimum Gasteiger partial charge on any atom is -0.325 e. The van der Waals surface area contributed by atoms with Gasteiger partial charge in [0.25, 0.3) is 0 Å². The molecule has 172 valence electrons. The molecular weight excluding hydrogens is 432 g/mol. The Hall–Kier alpha value is -2.70. The minimum atomic E-state index is -3.29. The first-order valence-electron chi connectivity index (χ1n) is 11.9. The number of hydrogen-bond donors (Lipinski definition) is 1.